The summed E-state index contributed by atoms with van der Waals surface area (Å²) in [6, 6.07) is 17.5. The van der Waals surface area contributed by atoms with Gasteiger partial charge in [0, 0.05) is 11.8 Å². The molecule has 0 saturated carbocycles. The molecule has 0 aliphatic heterocycles. The monoisotopic (exact) mass is 507 g/mol. The Hall–Kier alpha value is -4.60. The van der Waals surface area contributed by atoms with Crippen molar-refractivity contribution in [2.24, 2.45) is 0 Å². The number of aliphatic carboxylic acids is 1. The van der Waals surface area contributed by atoms with Crippen molar-refractivity contribution >= 4 is 29.3 Å². The Morgan fingerprint density at radius 2 is 1.57 bits per heavy atom. The van der Waals surface area contributed by atoms with Crippen molar-refractivity contribution in [3.63, 3.8) is 0 Å². The molecule has 2 atom stereocenters. The smallest absolute Gasteiger partial charge is 0.305 e. The van der Waals surface area contributed by atoms with Crippen molar-refractivity contribution in [3.8, 4) is 0 Å². The van der Waals surface area contributed by atoms with Gasteiger partial charge in [-0.05, 0) is 42.7 Å². The number of Topliss-reactive ketones (excluding diaryl/α,β-unsaturated/α-hetero) is 1. The van der Waals surface area contributed by atoms with E-state index in [-0.39, 0.29) is 12.1 Å². The number of nitrogens with one attached hydrogen (secondary N) is 2. The molecule has 37 heavy (non-hydrogen) atoms. The minimum atomic E-state index is -1.59. The number of alkyl halides is 1. The highest BCUT2D eigenvalue weighted by Crippen LogP contribution is 2.17. The molecule has 9 nitrogen and oxygen atoms in total. The van der Waals surface area contributed by atoms with Crippen LogP contribution in [-0.4, -0.2) is 46.0 Å². The molecule has 0 radical (unpaired) electrons. The highest BCUT2D eigenvalue weighted by Gasteiger charge is 2.29. The number of ketones is 1. The number of rotatable bonds is 12. The van der Waals surface area contributed by atoms with Gasteiger partial charge in [-0.25, -0.2) is 4.39 Å². The standard InChI is InChI=1S/C27H26FN3O6/c28-17-23(32)21(16-24(33)34)30-26(36)22(14-13-18-8-3-1-4-9-18)31-15-7-12-20(27(31)37)29-25(35)19-10-5-2-6-11-19/h1-12,15,21-22H,13-14,16-17H2,(H,29,35)(H,30,36)(H,33,34)/t21-,22-/m0/s1. The van der Waals surface area contributed by atoms with Gasteiger partial charge in [0.05, 0.1) is 6.42 Å². The van der Waals surface area contributed by atoms with Gasteiger partial charge in [0.25, 0.3) is 11.5 Å². The summed E-state index contributed by atoms with van der Waals surface area (Å²) in [7, 11) is 0. The summed E-state index contributed by atoms with van der Waals surface area (Å²) < 4.78 is 14.1. The van der Waals surface area contributed by atoms with E-state index in [0.29, 0.717) is 12.0 Å². The molecule has 3 rings (SSSR count). The van der Waals surface area contributed by atoms with Crippen LogP contribution in [0.25, 0.3) is 0 Å². The second-order valence-corrected chi connectivity index (χ2v) is 8.25. The van der Waals surface area contributed by atoms with Gasteiger partial charge in [0.1, 0.15) is 24.4 Å². The van der Waals surface area contributed by atoms with E-state index in [9.17, 15) is 28.4 Å². The van der Waals surface area contributed by atoms with E-state index in [2.05, 4.69) is 10.6 Å². The van der Waals surface area contributed by atoms with Crippen LogP contribution in [0.4, 0.5) is 10.1 Å². The van der Waals surface area contributed by atoms with Crippen LogP contribution in [0.15, 0.2) is 83.8 Å². The van der Waals surface area contributed by atoms with Crippen molar-refractivity contribution in [1.82, 2.24) is 9.88 Å². The van der Waals surface area contributed by atoms with Gasteiger partial charge in [-0.2, -0.15) is 0 Å². The molecular formula is C27H26FN3O6. The zero-order valence-corrected chi connectivity index (χ0v) is 19.8. The summed E-state index contributed by atoms with van der Waals surface area (Å²) in [5.41, 5.74) is 0.461. The largest absolute Gasteiger partial charge is 0.481 e. The molecule has 192 valence electrons. The molecule has 0 fully saturated rings. The predicted molar refractivity (Wildman–Crippen MR) is 134 cm³/mol. The highest BCUT2D eigenvalue weighted by atomic mass is 19.1. The zero-order valence-electron chi connectivity index (χ0n) is 19.8. The number of benzene rings is 2. The maximum Gasteiger partial charge on any atom is 0.305 e. The van der Waals surface area contributed by atoms with E-state index in [1.165, 1.54) is 18.3 Å². The molecule has 0 bridgehead atoms. The number of hydrogen-bond acceptors (Lipinski definition) is 5. The number of nitrogens with zero attached hydrogens (tertiary/aromatic N) is 1. The van der Waals surface area contributed by atoms with Gasteiger partial charge in [-0.3, -0.25) is 24.0 Å². The van der Waals surface area contributed by atoms with Crippen molar-refractivity contribution in [2.45, 2.75) is 31.3 Å². The highest BCUT2D eigenvalue weighted by molar-refractivity contribution is 6.04. The first-order chi connectivity index (χ1) is 17.8. The SMILES string of the molecule is O=C(O)C[C@H](NC(=O)[C@H](CCc1ccccc1)n1cccc(NC(=O)c2ccccc2)c1=O)C(=O)CF. The number of carboxylic acid groups (broad SMARTS) is 1. The summed E-state index contributed by atoms with van der Waals surface area (Å²) in [4.78, 5) is 62.2. The number of hydrogen-bond donors (Lipinski definition) is 3. The Kier molecular flexibility index (Phi) is 9.42. The van der Waals surface area contributed by atoms with Gasteiger partial charge in [-0.1, -0.05) is 48.5 Å². The second kappa shape index (κ2) is 12.9. The number of carbonyl (C=O) groups is 4. The quantitative estimate of drug-likeness (QED) is 0.345. The molecule has 1 heterocycles. The lowest BCUT2D eigenvalue weighted by atomic mass is 10.0. The summed E-state index contributed by atoms with van der Waals surface area (Å²) in [6.07, 6.45) is 1.03. The topological polar surface area (TPSA) is 135 Å². The van der Waals surface area contributed by atoms with Crippen LogP contribution in [0.5, 0.6) is 0 Å². The van der Waals surface area contributed by atoms with Crippen molar-refractivity contribution in [1.29, 1.82) is 0 Å². The number of carbonyl (C=O) groups excluding carboxylic acids is 3. The molecule has 0 aliphatic rings. The van der Waals surface area contributed by atoms with Crippen molar-refractivity contribution < 1.29 is 28.7 Å². The first kappa shape index (κ1) is 27.0. The normalized spacial score (nSPS) is 12.2. The molecule has 0 saturated heterocycles. The third kappa shape index (κ3) is 7.44. The Balaban J connectivity index is 1.92. The molecular weight excluding hydrogens is 481 g/mol. The fourth-order valence-corrected chi connectivity index (χ4v) is 3.76. The molecule has 0 unspecified atom stereocenters. The van der Waals surface area contributed by atoms with E-state index in [1.54, 1.807) is 30.3 Å². The average Bonchev–Trinajstić information content (AvgIpc) is 2.90. The van der Waals surface area contributed by atoms with Crippen LogP contribution >= 0.6 is 0 Å². The number of halogens is 1. The second-order valence-electron chi connectivity index (χ2n) is 8.25. The maximum atomic E-state index is 13.3. The van der Waals surface area contributed by atoms with Gasteiger partial charge >= 0.3 is 5.97 Å². The number of pyridine rings is 1. The third-order valence-corrected chi connectivity index (χ3v) is 5.66. The summed E-state index contributed by atoms with van der Waals surface area (Å²) in [6.45, 7) is -1.45. The van der Waals surface area contributed by atoms with E-state index in [4.69, 9.17) is 5.11 Å². The third-order valence-electron chi connectivity index (χ3n) is 5.66. The first-order valence-corrected chi connectivity index (χ1v) is 11.5. The van der Waals surface area contributed by atoms with E-state index < -0.39 is 54.3 Å². The fourth-order valence-electron chi connectivity index (χ4n) is 3.76. The minimum Gasteiger partial charge on any atom is -0.481 e. The van der Waals surface area contributed by atoms with Crippen LogP contribution in [0, 0.1) is 0 Å². The van der Waals surface area contributed by atoms with Gasteiger partial charge in [0.2, 0.25) is 5.91 Å². The molecule has 3 aromatic rings. The number of carboxylic acids is 1. The van der Waals surface area contributed by atoms with Gasteiger partial charge < -0.3 is 20.3 Å². The molecule has 0 aliphatic carbocycles. The Morgan fingerprint density at radius 1 is 0.919 bits per heavy atom. The Labute approximate surface area is 211 Å². The zero-order chi connectivity index (χ0) is 26.8. The summed E-state index contributed by atoms with van der Waals surface area (Å²) in [5.74, 6) is -3.82. The summed E-state index contributed by atoms with van der Waals surface area (Å²) in [5, 5.41) is 13.9. The van der Waals surface area contributed by atoms with E-state index in [1.807, 2.05) is 30.3 Å². The lowest BCUT2D eigenvalue weighted by Crippen LogP contribution is -2.47. The van der Waals surface area contributed by atoms with Crippen LogP contribution in [0.2, 0.25) is 0 Å². The number of aryl methyl sites for hydroxylation is 1. The first-order valence-electron chi connectivity index (χ1n) is 11.5. The molecule has 10 heteroatoms. The molecule has 2 aromatic carbocycles. The maximum absolute atomic E-state index is 13.3. The van der Waals surface area contributed by atoms with Crippen molar-refractivity contribution in [2.75, 3.05) is 12.0 Å². The predicted octanol–water partition coefficient (Wildman–Crippen LogP) is 2.77. The van der Waals surface area contributed by atoms with Gasteiger partial charge in [-0.15, -0.1) is 0 Å². The van der Waals surface area contributed by atoms with E-state index in [0.717, 1.165) is 10.1 Å². The average molecular weight is 508 g/mol. The molecule has 3 N–H and O–H groups in total. The Bertz CT molecular complexity index is 1310. The van der Waals surface area contributed by atoms with E-state index >= 15 is 0 Å². The van der Waals surface area contributed by atoms with Crippen LogP contribution < -0.4 is 16.2 Å². The van der Waals surface area contributed by atoms with Crippen LogP contribution in [-0.2, 0) is 20.8 Å². The number of anilines is 1. The number of aromatic nitrogens is 1. The molecule has 1 aromatic heterocycles. The number of amides is 2. The minimum absolute atomic E-state index is 0.0733. The lowest BCUT2D eigenvalue weighted by Gasteiger charge is -2.23. The van der Waals surface area contributed by atoms with Crippen LogP contribution in [0.3, 0.4) is 0 Å². The fraction of sp³-hybridized carbons (Fsp3) is 0.222. The van der Waals surface area contributed by atoms with Crippen molar-refractivity contribution in [3.05, 3.63) is 100 Å². The van der Waals surface area contributed by atoms with Crippen LogP contribution in [0.1, 0.15) is 34.8 Å². The lowest BCUT2D eigenvalue weighted by molar-refractivity contribution is -0.140. The Morgan fingerprint density at radius 3 is 2.19 bits per heavy atom. The molecule has 0 spiro atoms. The molecule has 2 amide bonds. The summed E-state index contributed by atoms with van der Waals surface area (Å²) >= 11 is 0. The van der Waals surface area contributed by atoms with Gasteiger partial charge in [0.15, 0.2) is 5.78 Å².